The number of amides is 1. The van der Waals surface area contributed by atoms with E-state index in [-0.39, 0.29) is 10.8 Å². The molecular weight excluding hydrogens is 304 g/mol. The molecule has 0 saturated carbocycles. The first-order chi connectivity index (χ1) is 10.4. The summed E-state index contributed by atoms with van der Waals surface area (Å²) in [5.74, 6) is -0.115. The molecule has 1 aromatic rings. The smallest absolute Gasteiger partial charge is 0.270 e. The van der Waals surface area contributed by atoms with Gasteiger partial charge >= 0.3 is 0 Å². The second kappa shape index (κ2) is 6.80. The molecule has 1 amide bonds. The molecule has 1 N–H and O–H groups in total. The van der Waals surface area contributed by atoms with Gasteiger partial charge in [0.15, 0.2) is 0 Å². The van der Waals surface area contributed by atoms with Crippen molar-refractivity contribution in [2.45, 2.75) is 18.2 Å². The quantitative estimate of drug-likeness (QED) is 0.832. The molecule has 8 heteroatoms. The van der Waals surface area contributed by atoms with Crippen LogP contribution in [0.2, 0.25) is 0 Å². The third-order valence-electron chi connectivity index (χ3n) is 3.98. The van der Waals surface area contributed by atoms with E-state index in [9.17, 15) is 13.2 Å². The van der Waals surface area contributed by atoms with Crippen LogP contribution in [0.4, 0.5) is 0 Å². The summed E-state index contributed by atoms with van der Waals surface area (Å²) in [6, 6.07) is 1.44. The molecule has 7 nitrogen and oxygen atoms in total. The average molecular weight is 328 g/mol. The molecule has 2 rings (SSSR count). The number of hydrogen-bond donors (Lipinski definition) is 1. The molecule has 0 bridgehead atoms. The number of aryl methyl sites for hydroxylation is 1. The Labute approximate surface area is 131 Å². The zero-order chi connectivity index (χ0) is 16.3. The molecule has 0 spiro atoms. The van der Waals surface area contributed by atoms with Gasteiger partial charge in [-0.1, -0.05) is 6.92 Å². The molecule has 124 valence electrons. The first-order valence-corrected chi connectivity index (χ1v) is 8.99. The Kier molecular flexibility index (Phi) is 5.25. The minimum absolute atomic E-state index is 0.115. The molecule has 2 heterocycles. The molecule has 1 aliphatic rings. The highest BCUT2D eigenvalue weighted by atomic mass is 32.2. The second-order valence-electron chi connectivity index (χ2n) is 5.51. The van der Waals surface area contributed by atoms with Gasteiger partial charge in [-0.05, 0) is 26.1 Å². The Morgan fingerprint density at radius 3 is 2.45 bits per heavy atom. The third kappa shape index (κ3) is 3.50. The molecule has 22 heavy (non-hydrogen) atoms. The zero-order valence-electron chi connectivity index (χ0n) is 13.4. The highest BCUT2D eigenvalue weighted by Gasteiger charge is 2.25. The number of hydrogen-bond acceptors (Lipinski definition) is 4. The zero-order valence-corrected chi connectivity index (χ0v) is 14.2. The first-order valence-electron chi connectivity index (χ1n) is 7.50. The molecule has 0 aromatic carbocycles. The minimum Gasteiger partial charge on any atom is -0.345 e. The maximum atomic E-state index is 12.6. The normalized spacial score (nSPS) is 17.0. The van der Waals surface area contributed by atoms with E-state index in [1.165, 1.54) is 19.3 Å². The molecule has 1 aromatic heterocycles. The van der Waals surface area contributed by atoms with Crippen molar-refractivity contribution in [1.82, 2.24) is 19.1 Å². The molecule has 1 aliphatic heterocycles. The van der Waals surface area contributed by atoms with Crippen LogP contribution in [-0.4, -0.2) is 68.5 Å². The number of aromatic nitrogens is 1. The summed E-state index contributed by atoms with van der Waals surface area (Å²) >= 11 is 0. The molecule has 0 aliphatic carbocycles. The number of sulfonamides is 1. The van der Waals surface area contributed by atoms with Gasteiger partial charge in [0.05, 0.1) is 0 Å². The van der Waals surface area contributed by atoms with Crippen LogP contribution in [0.1, 0.15) is 23.8 Å². The SMILES string of the molecule is CCCN1CCN(C(=O)c2cc(S(=O)(=O)NC)cn2C)CC1. The number of nitrogens with one attached hydrogen (secondary N) is 1. The number of piperazine rings is 1. The predicted octanol–water partition coefficient (Wildman–Crippen LogP) is 0.101. The van der Waals surface area contributed by atoms with Gasteiger partial charge in [0.2, 0.25) is 10.0 Å². The van der Waals surface area contributed by atoms with Crippen molar-refractivity contribution < 1.29 is 13.2 Å². The average Bonchev–Trinajstić information content (AvgIpc) is 2.90. The second-order valence-corrected chi connectivity index (χ2v) is 7.40. The lowest BCUT2D eigenvalue weighted by Gasteiger charge is -2.34. The fourth-order valence-corrected chi connectivity index (χ4v) is 3.46. The van der Waals surface area contributed by atoms with Crippen LogP contribution in [-0.2, 0) is 17.1 Å². The molecular formula is C14H24N4O3S. The van der Waals surface area contributed by atoms with E-state index in [2.05, 4.69) is 16.5 Å². The Balaban J connectivity index is 2.11. The lowest BCUT2D eigenvalue weighted by atomic mass is 10.2. The van der Waals surface area contributed by atoms with E-state index >= 15 is 0 Å². The Morgan fingerprint density at radius 2 is 1.91 bits per heavy atom. The van der Waals surface area contributed by atoms with Gasteiger partial charge in [0, 0.05) is 39.4 Å². The van der Waals surface area contributed by atoms with E-state index in [1.807, 2.05) is 0 Å². The van der Waals surface area contributed by atoms with Gasteiger partial charge < -0.3 is 9.47 Å². The van der Waals surface area contributed by atoms with E-state index in [4.69, 9.17) is 0 Å². The van der Waals surface area contributed by atoms with Crippen molar-refractivity contribution in [3.8, 4) is 0 Å². The molecule has 1 fully saturated rings. The van der Waals surface area contributed by atoms with Crippen LogP contribution in [0, 0.1) is 0 Å². The standard InChI is InChI=1S/C14H24N4O3S/c1-4-5-17-6-8-18(9-7-17)14(19)13-10-12(11-16(13)3)22(20,21)15-2/h10-11,15H,4-9H2,1-3H3. The van der Waals surface area contributed by atoms with Crippen molar-refractivity contribution in [2.75, 3.05) is 39.8 Å². The van der Waals surface area contributed by atoms with Crippen LogP contribution in [0.5, 0.6) is 0 Å². The van der Waals surface area contributed by atoms with E-state index in [0.29, 0.717) is 18.8 Å². The van der Waals surface area contributed by atoms with Gasteiger partial charge in [0.1, 0.15) is 10.6 Å². The monoisotopic (exact) mass is 328 g/mol. The number of rotatable bonds is 5. The summed E-state index contributed by atoms with van der Waals surface area (Å²) in [6.45, 7) is 6.29. The minimum atomic E-state index is -3.53. The van der Waals surface area contributed by atoms with Gasteiger partial charge in [-0.25, -0.2) is 13.1 Å². The number of carbonyl (C=O) groups excluding carboxylic acids is 1. The summed E-state index contributed by atoms with van der Waals surface area (Å²) in [7, 11) is -0.482. The summed E-state index contributed by atoms with van der Waals surface area (Å²) in [5, 5.41) is 0. The lowest BCUT2D eigenvalue weighted by Crippen LogP contribution is -2.49. The van der Waals surface area contributed by atoms with Crippen LogP contribution in [0.15, 0.2) is 17.2 Å². The highest BCUT2D eigenvalue weighted by molar-refractivity contribution is 7.89. The highest BCUT2D eigenvalue weighted by Crippen LogP contribution is 2.16. The summed E-state index contributed by atoms with van der Waals surface area (Å²) in [6.07, 6.45) is 2.57. The Hall–Kier alpha value is -1.38. The van der Waals surface area contributed by atoms with Crippen molar-refractivity contribution in [1.29, 1.82) is 0 Å². The largest absolute Gasteiger partial charge is 0.345 e. The molecule has 0 unspecified atom stereocenters. The van der Waals surface area contributed by atoms with Crippen molar-refractivity contribution in [2.24, 2.45) is 7.05 Å². The topological polar surface area (TPSA) is 74.7 Å². The van der Waals surface area contributed by atoms with Crippen LogP contribution >= 0.6 is 0 Å². The van der Waals surface area contributed by atoms with Gasteiger partial charge in [-0.15, -0.1) is 0 Å². The maximum Gasteiger partial charge on any atom is 0.270 e. The number of carbonyl (C=O) groups is 1. The van der Waals surface area contributed by atoms with E-state index in [0.717, 1.165) is 26.1 Å². The molecule has 0 atom stereocenters. The predicted molar refractivity (Wildman–Crippen MR) is 84.3 cm³/mol. The van der Waals surface area contributed by atoms with Gasteiger partial charge in [-0.2, -0.15) is 0 Å². The van der Waals surface area contributed by atoms with Crippen LogP contribution in [0.25, 0.3) is 0 Å². The summed E-state index contributed by atoms with van der Waals surface area (Å²) in [5.41, 5.74) is 0.401. The van der Waals surface area contributed by atoms with Gasteiger partial charge in [-0.3, -0.25) is 9.69 Å². The van der Waals surface area contributed by atoms with E-state index in [1.54, 1.807) is 16.5 Å². The Morgan fingerprint density at radius 1 is 1.27 bits per heavy atom. The molecule has 1 saturated heterocycles. The first kappa shape index (κ1) is 17.0. The molecule has 0 radical (unpaired) electrons. The van der Waals surface area contributed by atoms with Crippen molar-refractivity contribution in [3.63, 3.8) is 0 Å². The summed E-state index contributed by atoms with van der Waals surface area (Å²) < 4.78 is 27.5. The van der Waals surface area contributed by atoms with Crippen LogP contribution < -0.4 is 4.72 Å². The summed E-state index contributed by atoms with van der Waals surface area (Å²) in [4.78, 5) is 16.8. The van der Waals surface area contributed by atoms with Crippen LogP contribution in [0.3, 0.4) is 0 Å². The van der Waals surface area contributed by atoms with Crippen molar-refractivity contribution in [3.05, 3.63) is 18.0 Å². The van der Waals surface area contributed by atoms with E-state index < -0.39 is 10.0 Å². The van der Waals surface area contributed by atoms with Crippen molar-refractivity contribution >= 4 is 15.9 Å². The fraction of sp³-hybridized carbons (Fsp3) is 0.643. The third-order valence-corrected chi connectivity index (χ3v) is 5.36. The van der Waals surface area contributed by atoms with Gasteiger partial charge in [0.25, 0.3) is 5.91 Å². The maximum absolute atomic E-state index is 12.6. The fourth-order valence-electron chi connectivity index (χ4n) is 2.66. The lowest BCUT2D eigenvalue weighted by molar-refractivity contribution is 0.0628. The Bertz CT molecular complexity index is 631. The number of nitrogens with zero attached hydrogens (tertiary/aromatic N) is 3.